The number of rotatable bonds is 5. The minimum atomic E-state index is -2.06. The number of nitrogens with zero attached hydrogens (tertiary/aromatic N) is 3. The summed E-state index contributed by atoms with van der Waals surface area (Å²) in [6.45, 7) is 5.87. The van der Waals surface area contributed by atoms with E-state index in [9.17, 15) is 35.2 Å². The molecule has 9 heteroatoms. The molecule has 0 aromatic heterocycles. The predicted octanol–water partition coefficient (Wildman–Crippen LogP) is 2.92. The van der Waals surface area contributed by atoms with Crippen molar-refractivity contribution in [1.82, 2.24) is 0 Å². The molecule has 1 aromatic rings. The molecule has 28 heavy (non-hydrogen) atoms. The fourth-order valence-corrected chi connectivity index (χ4v) is 4.28. The highest BCUT2D eigenvalue weighted by molar-refractivity contribution is 6.18. The van der Waals surface area contributed by atoms with Gasteiger partial charge in [0, 0.05) is 17.8 Å². The molecule has 1 aromatic carbocycles. The Kier molecular flexibility index (Phi) is 5.11. The molecule has 0 bridgehead atoms. The number of aliphatic imine (C=N–C) groups is 1. The van der Waals surface area contributed by atoms with E-state index in [0.717, 1.165) is 6.07 Å². The highest BCUT2D eigenvalue weighted by Crippen LogP contribution is 2.57. The second kappa shape index (κ2) is 6.88. The number of aliphatic carboxylic acids is 2. The van der Waals surface area contributed by atoms with Gasteiger partial charge in [0.1, 0.15) is 17.2 Å². The molecular formula is C19H19N3O6. The molecule has 2 unspecified atom stereocenters. The van der Waals surface area contributed by atoms with E-state index in [0.29, 0.717) is 0 Å². The summed E-state index contributed by atoms with van der Waals surface area (Å²) in [5.41, 5.74) is -4.68. The van der Waals surface area contributed by atoms with Crippen LogP contribution in [0.15, 0.2) is 40.5 Å². The van der Waals surface area contributed by atoms with E-state index in [1.807, 2.05) is 0 Å². The molecule has 0 saturated heterocycles. The van der Waals surface area contributed by atoms with Gasteiger partial charge in [-0.3, -0.25) is 14.9 Å². The van der Waals surface area contributed by atoms with Crippen LogP contribution in [0.25, 0.3) is 0 Å². The molecule has 0 saturated carbocycles. The summed E-state index contributed by atoms with van der Waals surface area (Å²) in [6.07, 6.45) is 0. The van der Waals surface area contributed by atoms with Crippen LogP contribution in [0.1, 0.15) is 33.3 Å². The van der Waals surface area contributed by atoms with E-state index in [-0.39, 0.29) is 28.2 Å². The monoisotopic (exact) mass is 385 g/mol. The Morgan fingerprint density at radius 2 is 1.93 bits per heavy atom. The van der Waals surface area contributed by atoms with Gasteiger partial charge >= 0.3 is 11.9 Å². The summed E-state index contributed by atoms with van der Waals surface area (Å²) in [7, 11) is 0. The van der Waals surface area contributed by atoms with Crippen LogP contribution >= 0.6 is 0 Å². The SMILES string of the molecule is CC1=C(C(=O)O)C(c2cccc([N+](=O)[O-])c2)(C(C)C)C(C)(C(=O)O)C(C#N)=N1. The first kappa shape index (κ1) is 20.8. The Labute approximate surface area is 160 Å². The van der Waals surface area contributed by atoms with Gasteiger partial charge in [0.15, 0.2) is 0 Å². The summed E-state index contributed by atoms with van der Waals surface area (Å²) in [6, 6.07) is 7.00. The zero-order valence-corrected chi connectivity index (χ0v) is 15.8. The Hall–Kier alpha value is -3.54. The van der Waals surface area contributed by atoms with E-state index < -0.39 is 33.6 Å². The van der Waals surface area contributed by atoms with Gasteiger partial charge in [0.05, 0.1) is 15.9 Å². The first-order valence-electron chi connectivity index (χ1n) is 8.38. The van der Waals surface area contributed by atoms with Gasteiger partial charge in [-0.2, -0.15) is 5.26 Å². The maximum absolute atomic E-state index is 12.5. The Bertz CT molecular complexity index is 988. The van der Waals surface area contributed by atoms with E-state index in [1.165, 1.54) is 32.0 Å². The molecule has 146 valence electrons. The lowest BCUT2D eigenvalue weighted by molar-refractivity contribution is -0.385. The second-order valence-corrected chi connectivity index (χ2v) is 7.04. The third-order valence-corrected chi connectivity index (χ3v) is 5.42. The van der Waals surface area contributed by atoms with Crippen molar-refractivity contribution in [2.24, 2.45) is 16.3 Å². The van der Waals surface area contributed by atoms with Crippen molar-refractivity contribution in [2.45, 2.75) is 33.1 Å². The highest BCUT2D eigenvalue weighted by Gasteiger charge is 2.65. The third-order valence-electron chi connectivity index (χ3n) is 5.42. The summed E-state index contributed by atoms with van der Waals surface area (Å²) in [4.78, 5) is 39.3. The quantitative estimate of drug-likeness (QED) is 0.583. The van der Waals surface area contributed by atoms with E-state index in [1.54, 1.807) is 19.9 Å². The van der Waals surface area contributed by atoms with Gasteiger partial charge in [-0.1, -0.05) is 26.0 Å². The smallest absolute Gasteiger partial charge is 0.334 e. The number of carbonyl (C=O) groups is 2. The lowest BCUT2D eigenvalue weighted by Gasteiger charge is -2.50. The maximum atomic E-state index is 12.5. The van der Waals surface area contributed by atoms with Crippen LogP contribution in [-0.4, -0.2) is 32.8 Å². The van der Waals surface area contributed by atoms with Crippen LogP contribution in [0.4, 0.5) is 5.69 Å². The van der Waals surface area contributed by atoms with Gasteiger partial charge in [-0.05, 0) is 25.3 Å². The van der Waals surface area contributed by atoms with E-state index in [4.69, 9.17) is 0 Å². The average Bonchev–Trinajstić information content (AvgIpc) is 2.61. The van der Waals surface area contributed by atoms with Crippen molar-refractivity contribution in [3.63, 3.8) is 0 Å². The summed E-state index contributed by atoms with van der Waals surface area (Å²) >= 11 is 0. The number of carboxylic acid groups (broad SMARTS) is 2. The zero-order valence-electron chi connectivity index (χ0n) is 15.8. The van der Waals surface area contributed by atoms with Crippen molar-refractivity contribution < 1.29 is 24.7 Å². The highest BCUT2D eigenvalue weighted by atomic mass is 16.6. The van der Waals surface area contributed by atoms with E-state index >= 15 is 0 Å². The number of allylic oxidation sites excluding steroid dienone is 1. The molecule has 0 spiro atoms. The summed E-state index contributed by atoms with van der Waals surface area (Å²) in [5, 5.41) is 41.0. The van der Waals surface area contributed by atoms with Gasteiger partial charge < -0.3 is 10.2 Å². The van der Waals surface area contributed by atoms with Gasteiger partial charge in [0.2, 0.25) is 0 Å². The standard InChI is InChI=1S/C19H19N3O6/c1-10(2)19(12-6-5-7-13(8-12)22(27)28)15(16(23)24)11(3)21-14(9-20)18(19,4)17(25)26/h5-8,10H,1-4H3,(H,23,24)(H,25,26). The van der Waals surface area contributed by atoms with Crippen LogP contribution in [-0.2, 0) is 15.0 Å². The molecule has 9 nitrogen and oxygen atoms in total. The molecule has 2 atom stereocenters. The Morgan fingerprint density at radius 3 is 2.36 bits per heavy atom. The number of carboxylic acids is 2. The number of hydrogen-bond donors (Lipinski definition) is 2. The van der Waals surface area contributed by atoms with Crippen molar-refractivity contribution in [3.8, 4) is 6.07 Å². The van der Waals surface area contributed by atoms with Crippen molar-refractivity contribution in [1.29, 1.82) is 5.26 Å². The maximum Gasteiger partial charge on any atom is 0.334 e. The van der Waals surface area contributed by atoms with Gasteiger partial charge in [-0.25, -0.2) is 9.79 Å². The number of nitro groups is 1. The number of benzene rings is 1. The molecule has 0 fully saturated rings. The van der Waals surface area contributed by atoms with Crippen LogP contribution in [0.3, 0.4) is 0 Å². The molecule has 2 N–H and O–H groups in total. The number of hydrogen-bond acceptors (Lipinski definition) is 6. The third kappa shape index (κ3) is 2.57. The first-order valence-corrected chi connectivity index (χ1v) is 8.38. The molecule has 0 radical (unpaired) electrons. The van der Waals surface area contributed by atoms with Crippen molar-refractivity contribution in [2.75, 3.05) is 0 Å². The minimum absolute atomic E-state index is 0.0111. The number of non-ortho nitro benzene ring substituents is 1. The predicted molar refractivity (Wildman–Crippen MR) is 98.7 cm³/mol. The van der Waals surface area contributed by atoms with Gasteiger partial charge in [0.25, 0.3) is 5.69 Å². The van der Waals surface area contributed by atoms with Crippen LogP contribution < -0.4 is 0 Å². The van der Waals surface area contributed by atoms with Crippen LogP contribution in [0, 0.1) is 32.8 Å². The normalized spacial score (nSPS) is 24.5. The molecular weight excluding hydrogens is 366 g/mol. The molecule has 2 rings (SSSR count). The van der Waals surface area contributed by atoms with Crippen molar-refractivity contribution in [3.05, 3.63) is 51.2 Å². The van der Waals surface area contributed by atoms with Gasteiger partial charge in [-0.15, -0.1) is 0 Å². The molecule has 1 heterocycles. The number of nitro benzene ring substituents is 1. The lowest BCUT2D eigenvalue weighted by Crippen LogP contribution is -2.60. The fourth-order valence-electron chi connectivity index (χ4n) is 4.28. The molecule has 0 amide bonds. The fraction of sp³-hybridized carbons (Fsp3) is 0.368. The van der Waals surface area contributed by atoms with Crippen LogP contribution in [0.5, 0.6) is 0 Å². The lowest BCUT2D eigenvalue weighted by atomic mass is 9.49. The first-order chi connectivity index (χ1) is 13.0. The Balaban J connectivity index is 3.14. The van der Waals surface area contributed by atoms with Crippen molar-refractivity contribution >= 4 is 23.3 Å². The largest absolute Gasteiger partial charge is 0.480 e. The van der Waals surface area contributed by atoms with E-state index in [2.05, 4.69) is 4.99 Å². The summed E-state index contributed by atoms with van der Waals surface area (Å²) < 4.78 is 0. The number of nitriles is 1. The topological polar surface area (TPSA) is 154 Å². The average molecular weight is 385 g/mol. The second-order valence-electron chi connectivity index (χ2n) is 7.04. The Morgan fingerprint density at radius 1 is 1.32 bits per heavy atom. The molecule has 0 aliphatic carbocycles. The summed E-state index contributed by atoms with van der Waals surface area (Å²) in [5.74, 6) is -3.50. The molecule has 1 aliphatic rings. The zero-order chi connectivity index (χ0) is 21.4. The van der Waals surface area contributed by atoms with Crippen LogP contribution in [0.2, 0.25) is 0 Å². The minimum Gasteiger partial charge on any atom is -0.480 e. The molecule has 1 aliphatic heterocycles.